The first kappa shape index (κ1) is 20.8. The molecule has 2 aromatic heterocycles. The topological polar surface area (TPSA) is 66.0 Å². The number of hydrogen-bond acceptors (Lipinski definition) is 6. The van der Waals surface area contributed by atoms with Crippen LogP contribution in [0.4, 0.5) is 0 Å². The second kappa shape index (κ2) is 8.84. The van der Waals surface area contributed by atoms with E-state index in [9.17, 15) is 9.59 Å². The molecule has 3 aliphatic heterocycles. The number of thiophene rings is 1. The van der Waals surface area contributed by atoms with E-state index in [1.54, 1.807) is 6.20 Å². The van der Waals surface area contributed by atoms with Gasteiger partial charge in [-0.2, -0.15) is 0 Å². The highest BCUT2D eigenvalue weighted by molar-refractivity contribution is 7.20. The van der Waals surface area contributed by atoms with Crippen molar-refractivity contribution in [1.82, 2.24) is 19.7 Å². The van der Waals surface area contributed by atoms with E-state index in [4.69, 9.17) is 4.74 Å². The van der Waals surface area contributed by atoms with Gasteiger partial charge in [0.1, 0.15) is 4.83 Å². The Morgan fingerprint density at radius 3 is 2.61 bits per heavy atom. The van der Waals surface area contributed by atoms with Gasteiger partial charge in [0.2, 0.25) is 5.91 Å². The Bertz CT molecular complexity index is 963. The van der Waals surface area contributed by atoms with Crippen molar-refractivity contribution in [2.45, 2.75) is 25.2 Å². The first-order valence-electron chi connectivity index (χ1n) is 11.3. The second-order valence-corrected chi connectivity index (χ2v) is 9.95. The van der Waals surface area contributed by atoms with Gasteiger partial charge in [0.05, 0.1) is 18.1 Å². The molecule has 5 rings (SSSR count). The maximum atomic E-state index is 13.4. The maximum Gasteiger partial charge on any atom is 0.264 e. The van der Waals surface area contributed by atoms with Gasteiger partial charge < -0.3 is 19.4 Å². The van der Waals surface area contributed by atoms with Crippen molar-refractivity contribution in [3.05, 3.63) is 28.8 Å². The molecule has 3 saturated heterocycles. The highest BCUT2D eigenvalue weighted by Crippen LogP contribution is 2.40. The molecule has 0 radical (unpaired) electrons. The Hall–Kier alpha value is -2.03. The summed E-state index contributed by atoms with van der Waals surface area (Å²) in [7, 11) is 2.12. The van der Waals surface area contributed by atoms with Gasteiger partial charge in [0.25, 0.3) is 5.91 Å². The molecule has 0 spiro atoms. The molecule has 166 valence electrons. The number of nitrogens with zero attached hydrogens (tertiary/aromatic N) is 4. The molecule has 1 atom stereocenters. The third-order valence-electron chi connectivity index (χ3n) is 6.97. The van der Waals surface area contributed by atoms with Gasteiger partial charge in [0, 0.05) is 49.6 Å². The van der Waals surface area contributed by atoms with Crippen molar-refractivity contribution in [3.8, 4) is 0 Å². The summed E-state index contributed by atoms with van der Waals surface area (Å²) in [5, 5.41) is 1.07. The fourth-order valence-electron chi connectivity index (χ4n) is 5.14. The average Bonchev–Trinajstić information content (AvgIpc) is 3.44. The Kier molecular flexibility index (Phi) is 5.95. The number of aromatic nitrogens is 1. The van der Waals surface area contributed by atoms with Gasteiger partial charge in [-0.3, -0.25) is 9.59 Å². The molecule has 5 heterocycles. The van der Waals surface area contributed by atoms with E-state index in [2.05, 4.69) is 23.0 Å². The van der Waals surface area contributed by atoms with Crippen LogP contribution in [-0.4, -0.2) is 91.0 Å². The van der Waals surface area contributed by atoms with E-state index in [-0.39, 0.29) is 17.7 Å². The van der Waals surface area contributed by atoms with Crippen molar-refractivity contribution in [1.29, 1.82) is 0 Å². The summed E-state index contributed by atoms with van der Waals surface area (Å²) < 4.78 is 5.43. The predicted molar refractivity (Wildman–Crippen MR) is 121 cm³/mol. The van der Waals surface area contributed by atoms with E-state index in [1.807, 2.05) is 15.9 Å². The van der Waals surface area contributed by atoms with Crippen molar-refractivity contribution >= 4 is 33.4 Å². The van der Waals surface area contributed by atoms with E-state index in [1.165, 1.54) is 11.3 Å². The van der Waals surface area contributed by atoms with Gasteiger partial charge in [-0.15, -0.1) is 11.3 Å². The molecular formula is C23H30N4O3S. The molecule has 2 aromatic rings. The summed E-state index contributed by atoms with van der Waals surface area (Å²) in [6.45, 7) is 5.91. The zero-order valence-corrected chi connectivity index (χ0v) is 18.9. The van der Waals surface area contributed by atoms with Crippen molar-refractivity contribution in [2.75, 3.05) is 59.5 Å². The van der Waals surface area contributed by atoms with Crippen molar-refractivity contribution < 1.29 is 14.3 Å². The van der Waals surface area contributed by atoms with Crippen LogP contribution >= 0.6 is 11.3 Å². The summed E-state index contributed by atoms with van der Waals surface area (Å²) in [4.78, 5) is 39.1. The molecule has 0 aliphatic carbocycles. The largest absolute Gasteiger partial charge is 0.378 e. The number of amides is 2. The lowest BCUT2D eigenvalue weighted by Gasteiger charge is -2.31. The molecule has 3 aliphatic rings. The van der Waals surface area contributed by atoms with E-state index in [0.29, 0.717) is 38.8 Å². The number of rotatable bonds is 3. The summed E-state index contributed by atoms with van der Waals surface area (Å²) in [6, 6.07) is 4.02. The smallest absolute Gasteiger partial charge is 0.264 e. The molecule has 31 heavy (non-hydrogen) atoms. The molecule has 0 saturated carbocycles. The summed E-state index contributed by atoms with van der Waals surface area (Å²) >= 11 is 1.50. The zero-order valence-electron chi connectivity index (χ0n) is 18.1. The van der Waals surface area contributed by atoms with Gasteiger partial charge >= 0.3 is 0 Å². The molecule has 0 bridgehead atoms. The Morgan fingerprint density at radius 2 is 1.84 bits per heavy atom. The molecule has 8 heteroatoms. The average molecular weight is 443 g/mol. The van der Waals surface area contributed by atoms with Crippen LogP contribution in [0.15, 0.2) is 18.3 Å². The third-order valence-corrected chi connectivity index (χ3v) is 8.09. The van der Waals surface area contributed by atoms with Crippen LogP contribution in [-0.2, 0) is 9.53 Å². The lowest BCUT2D eigenvalue weighted by molar-refractivity contribution is -0.135. The first-order chi connectivity index (χ1) is 15.1. The number of morpholine rings is 1. The zero-order chi connectivity index (χ0) is 21.4. The Morgan fingerprint density at radius 1 is 1.06 bits per heavy atom. The van der Waals surface area contributed by atoms with Crippen LogP contribution in [0.25, 0.3) is 10.2 Å². The first-order valence-corrected chi connectivity index (χ1v) is 12.1. The second-order valence-electron chi connectivity index (χ2n) is 8.95. The highest BCUT2D eigenvalue weighted by atomic mass is 32.1. The highest BCUT2D eigenvalue weighted by Gasteiger charge is 2.36. The molecule has 0 unspecified atom stereocenters. The molecule has 7 nitrogen and oxygen atoms in total. The molecule has 0 N–H and O–H groups in total. The van der Waals surface area contributed by atoms with Crippen molar-refractivity contribution in [3.63, 3.8) is 0 Å². The van der Waals surface area contributed by atoms with E-state index < -0.39 is 0 Å². The number of carbonyl (C=O) groups excluding carboxylic acids is 2. The fourth-order valence-corrected chi connectivity index (χ4v) is 6.33. The van der Waals surface area contributed by atoms with Crippen LogP contribution in [0.3, 0.4) is 0 Å². The standard InChI is InChI=1S/C23H30N4O3S/c1-25-8-4-16(5-9-25)22(28)27-10-6-17(15-27)19-18-3-2-7-24-21(18)31-20(19)23(29)26-11-13-30-14-12-26/h2-3,7,16-17H,4-6,8-15H2,1H3/t17-/m1/s1. The van der Waals surface area contributed by atoms with Gasteiger partial charge in [-0.05, 0) is 51.0 Å². The third kappa shape index (κ3) is 4.08. The van der Waals surface area contributed by atoms with Crippen LogP contribution in [0.5, 0.6) is 0 Å². The van der Waals surface area contributed by atoms with Crippen LogP contribution < -0.4 is 0 Å². The predicted octanol–water partition coefficient (Wildman–Crippen LogP) is 2.43. The number of fused-ring (bicyclic) bond motifs is 1. The lowest BCUT2D eigenvalue weighted by atomic mass is 9.94. The Balaban J connectivity index is 1.39. The number of hydrogen-bond donors (Lipinski definition) is 0. The number of pyridine rings is 1. The minimum absolute atomic E-state index is 0.0846. The maximum absolute atomic E-state index is 13.4. The summed E-state index contributed by atoms with van der Waals surface area (Å²) in [5.74, 6) is 0.717. The van der Waals surface area contributed by atoms with Crippen LogP contribution in [0, 0.1) is 5.92 Å². The monoisotopic (exact) mass is 442 g/mol. The minimum atomic E-state index is 0.0846. The van der Waals surface area contributed by atoms with Gasteiger partial charge in [-0.25, -0.2) is 4.98 Å². The number of piperidine rings is 1. The minimum Gasteiger partial charge on any atom is -0.378 e. The number of ether oxygens (including phenoxy) is 1. The molecule has 3 fully saturated rings. The molecule has 2 amide bonds. The number of likely N-dealkylation sites (tertiary alicyclic amines) is 2. The van der Waals surface area contributed by atoms with Crippen LogP contribution in [0.2, 0.25) is 0 Å². The normalized spacial score (nSPS) is 23.6. The van der Waals surface area contributed by atoms with E-state index >= 15 is 0 Å². The van der Waals surface area contributed by atoms with Gasteiger partial charge in [-0.1, -0.05) is 6.07 Å². The van der Waals surface area contributed by atoms with E-state index in [0.717, 1.165) is 59.6 Å². The van der Waals surface area contributed by atoms with Crippen molar-refractivity contribution in [2.24, 2.45) is 5.92 Å². The molecule has 0 aromatic carbocycles. The summed E-state index contributed by atoms with van der Waals surface area (Å²) in [5.41, 5.74) is 1.10. The Labute approximate surface area is 187 Å². The lowest BCUT2D eigenvalue weighted by Crippen LogP contribution is -2.41. The van der Waals surface area contributed by atoms with Crippen LogP contribution in [0.1, 0.15) is 40.4 Å². The summed E-state index contributed by atoms with van der Waals surface area (Å²) in [6.07, 6.45) is 4.59. The number of carbonyl (C=O) groups is 2. The fraction of sp³-hybridized carbons (Fsp3) is 0.609. The quantitative estimate of drug-likeness (QED) is 0.731. The molecular weight excluding hydrogens is 412 g/mol. The SMILES string of the molecule is CN1CCC(C(=O)N2CC[C@@H](c3c(C(=O)N4CCOCC4)sc4ncccc34)C2)CC1. The van der Waals surface area contributed by atoms with Gasteiger partial charge in [0.15, 0.2) is 0 Å².